The standard InChI is InChI=1S/C13H21NO/c1-10(2)12(14(3)4)13(15)11-8-6-5-7-9-11/h5-10,12-13,15H,1-4H3. The normalized spacial score (nSPS) is 15.7. The van der Waals surface area contributed by atoms with Gasteiger partial charge in [0.1, 0.15) is 0 Å². The van der Waals surface area contributed by atoms with E-state index in [2.05, 4.69) is 18.7 Å². The molecule has 0 heterocycles. The van der Waals surface area contributed by atoms with Gasteiger partial charge < -0.3 is 10.0 Å². The van der Waals surface area contributed by atoms with E-state index in [1.54, 1.807) is 0 Å². The average molecular weight is 207 g/mol. The van der Waals surface area contributed by atoms with Crippen LogP contribution in [0.4, 0.5) is 0 Å². The van der Waals surface area contributed by atoms with Gasteiger partial charge in [0.15, 0.2) is 0 Å². The summed E-state index contributed by atoms with van der Waals surface area (Å²) in [6.45, 7) is 4.27. The van der Waals surface area contributed by atoms with E-state index in [0.29, 0.717) is 5.92 Å². The minimum atomic E-state index is -0.416. The molecule has 0 amide bonds. The van der Waals surface area contributed by atoms with Crippen LogP contribution in [0.15, 0.2) is 30.3 Å². The molecule has 0 saturated heterocycles. The second kappa shape index (κ2) is 5.29. The van der Waals surface area contributed by atoms with Crippen molar-refractivity contribution in [1.82, 2.24) is 4.90 Å². The summed E-state index contributed by atoms with van der Waals surface area (Å²) in [7, 11) is 4.02. The second-order valence-corrected chi connectivity index (χ2v) is 4.55. The Hall–Kier alpha value is -0.860. The number of benzene rings is 1. The maximum absolute atomic E-state index is 10.3. The van der Waals surface area contributed by atoms with Crippen molar-refractivity contribution in [2.45, 2.75) is 26.0 Å². The van der Waals surface area contributed by atoms with E-state index >= 15 is 0 Å². The Morgan fingerprint density at radius 3 is 2.00 bits per heavy atom. The van der Waals surface area contributed by atoms with Crippen LogP contribution in [-0.4, -0.2) is 30.1 Å². The molecule has 0 aliphatic heterocycles. The lowest BCUT2D eigenvalue weighted by atomic mass is 9.92. The minimum Gasteiger partial charge on any atom is -0.387 e. The van der Waals surface area contributed by atoms with Gasteiger partial charge in [-0.2, -0.15) is 0 Å². The van der Waals surface area contributed by atoms with Crippen molar-refractivity contribution in [3.63, 3.8) is 0 Å². The van der Waals surface area contributed by atoms with Crippen LogP contribution in [0.25, 0.3) is 0 Å². The van der Waals surface area contributed by atoms with Crippen molar-refractivity contribution in [3.05, 3.63) is 35.9 Å². The van der Waals surface area contributed by atoms with Crippen LogP contribution in [0.3, 0.4) is 0 Å². The molecule has 0 radical (unpaired) electrons. The second-order valence-electron chi connectivity index (χ2n) is 4.55. The molecular formula is C13H21NO. The fourth-order valence-electron chi connectivity index (χ4n) is 2.09. The third-order valence-electron chi connectivity index (χ3n) is 2.74. The molecule has 2 atom stereocenters. The zero-order valence-electron chi connectivity index (χ0n) is 10.0. The summed E-state index contributed by atoms with van der Waals surface area (Å²) in [5.41, 5.74) is 0.991. The summed E-state index contributed by atoms with van der Waals surface area (Å²) >= 11 is 0. The molecule has 0 saturated carbocycles. The number of aliphatic hydroxyl groups excluding tert-OH is 1. The number of hydrogen-bond donors (Lipinski definition) is 1. The highest BCUT2D eigenvalue weighted by atomic mass is 16.3. The Balaban J connectivity index is 2.86. The Morgan fingerprint density at radius 1 is 1.07 bits per heavy atom. The third-order valence-corrected chi connectivity index (χ3v) is 2.74. The van der Waals surface area contributed by atoms with E-state index in [-0.39, 0.29) is 6.04 Å². The van der Waals surface area contributed by atoms with Gasteiger partial charge in [0.05, 0.1) is 6.10 Å². The Bertz CT molecular complexity index is 274. The van der Waals surface area contributed by atoms with Gasteiger partial charge >= 0.3 is 0 Å². The summed E-state index contributed by atoms with van der Waals surface area (Å²) in [4.78, 5) is 2.09. The predicted molar refractivity (Wildman–Crippen MR) is 63.7 cm³/mol. The molecule has 1 aromatic carbocycles. The van der Waals surface area contributed by atoms with Crippen LogP contribution >= 0.6 is 0 Å². The first-order chi connectivity index (χ1) is 7.04. The zero-order chi connectivity index (χ0) is 11.4. The molecule has 0 aromatic heterocycles. The summed E-state index contributed by atoms with van der Waals surface area (Å²) < 4.78 is 0. The van der Waals surface area contributed by atoms with E-state index in [0.717, 1.165) is 5.56 Å². The topological polar surface area (TPSA) is 23.5 Å². The lowest BCUT2D eigenvalue weighted by Gasteiger charge is -2.32. The Labute approximate surface area is 92.5 Å². The van der Waals surface area contributed by atoms with Crippen LogP contribution in [0.2, 0.25) is 0 Å². The van der Waals surface area contributed by atoms with Gasteiger partial charge in [0.2, 0.25) is 0 Å². The van der Waals surface area contributed by atoms with Crippen LogP contribution in [0.1, 0.15) is 25.5 Å². The monoisotopic (exact) mass is 207 g/mol. The summed E-state index contributed by atoms with van der Waals surface area (Å²) in [6.07, 6.45) is -0.416. The van der Waals surface area contributed by atoms with Crippen LogP contribution in [0.5, 0.6) is 0 Å². The minimum absolute atomic E-state index is 0.160. The fraction of sp³-hybridized carbons (Fsp3) is 0.538. The average Bonchev–Trinajstić information content (AvgIpc) is 2.18. The highest BCUT2D eigenvalue weighted by Crippen LogP contribution is 2.24. The first kappa shape index (κ1) is 12.2. The molecule has 1 rings (SSSR count). The zero-order valence-corrected chi connectivity index (χ0v) is 10.0. The quantitative estimate of drug-likeness (QED) is 0.819. The molecule has 2 heteroatoms. The van der Waals surface area contributed by atoms with E-state index < -0.39 is 6.10 Å². The number of aliphatic hydroxyl groups is 1. The predicted octanol–water partition coefficient (Wildman–Crippen LogP) is 2.31. The van der Waals surface area contributed by atoms with Gasteiger partial charge in [-0.3, -0.25) is 0 Å². The molecule has 0 fully saturated rings. The fourth-order valence-corrected chi connectivity index (χ4v) is 2.09. The van der Waals surface area contributed by atoms with Gasteiger partial charge in [0, 0.05) is 6.04 Å². The number of likely N-dealkylation sites (N-methyl/N-ethyl adjacent to an activating group) is 1. The van der Waals surface area contributed by atoms with Crippen molar-refractivity contribution in [3.8, 4) is 0 Å². The van der Waals surface area contributed by atoms with Gasteiger partial charge in [-0.15, -0.1) is 0 Å². The first-order valence-corrected chi connectivity index (χ1v) is 5.43. The smallest absolute Gasteiger partial charge is 0.0947 e. The molecule has 0 spiro atoms. The van der Waals surface area contributed by atoms with E-state index in [1.807, 2.05) is 44.4 Å². The van der Waals surface area contributed by atoms with Crippen LogP contribution in [-0.2, 0) is 0 Å². The molecule has 1 aromatic rings. The van der Waals surface area contributed by atoms with Gasteiger partial charge in [-0.25, -0.2) is 0 Å². The van der Waals surface area contributed by atoms with Crippen LogP contribution in [0, 0.1) is 5.92 Å². The summed E-state index contributed by atoms with van der Waals surface area (Å²) in [5.74, 6) is 0.426. The molecule has 15 heavy (non-hydrogen) atoms. The SMILES string of the molecule is CC(C)C(C(O)c1ccccc1)N(C)C. The van der Waals surface area contributed by atoms with Crippen molar-refractivity contribution in [2.75, 3.05) is 14.1 Å². The van der Waals surface area contributed by atoms with Crippen molar-refractivity contribution in [1.29, 1.82) is 0 Å². The molecule has 84 valence electrons. The van der Waals surface area contributed by atoms with Gasteiger partial charge in [-0.1, -0.05) is 44.2 Å². The largest absolute Gasteiger partial charge is 0.387 e. The molecule has 0 aliphatic rings. The molecule has 2 nitrogen and oxygen atoms in total. The molecule has 2 unspecified atom stereocenters. The molecular weight excluding hydrogens is 186 g/mol. The molecule has 0 bridgehead atoms. The summed E-state index contributed by atoms with van der Waals surface area (Å²) in [5, 5.41) is 10.3. The third kappa shape index (κ3) is 3.05. The summed E-state index contributed by atoms with van der Waals surface area (Å²) in [6, 6.07) is 10.0. The van der Waals surface area contributed by atoms with Crippen molar-refractivity contribution < 1.29 is 5.11 Å². The first-order valence-electron chi connectivity index (χ1n) is 5.43. The molecule has 1 N–H and O–H groups in total. The number of rotatable bonds is 4. The Kier molecular flexibility index (Phi) is 4.30. The molecule has 0 aliphatic carbocycles. The van der Waals surface area contributed by atoms with Crippen molar-refractivity contribution in [2.24, 2.45) is 5.92 Å². The number of nitrogens with zero attached hydrogens (tertiary/aromatic N) is 1. The maximum Gasteiger partial charge on any atom is 0.0947 e. The van der Waals surface area contributed by atoms with Crippen molar-refractivity contribution >= 4 is 0 Å². The lowest BCUT2D eigenvalue weighted by Crippen LogP contribution is -2.38. The number of hydrogen-bond acceptors (Lipinski definition) is 2. The highest BCUT2D eigenvalue weighted by molar-refractivity contribution is 5.19. The van der Waals surface area contributed by atoms with Crippen LogP contribution < -0.4 is 0 Å². The van der Waals surface area contributed by atoms with E-state index in [4.69, 9.17) is 0 Å². The van der Waals surface area contributed by atoms with E-state index in [9.17, 15) is 5.11 Å². The van der Waals surface area contributed by atoms with Gasteiger partial charge in [-0.05, 0) is 25.6 Å². The lowest BCUT2D eigenvalue weighted by molar-refractivity contribution is 0.0494. The maximum atomic E-state index is 10.3. The highest BCUT2D eigenvalue weighted by Gasteiger charge is 2.25. The Morgan fingerprint density at radius 2 is 1.60 bits per heavy atom. The van der Waals surface area contributed by atoms with Gasteiger partial charge in [0.25, 0.3) is 0 Å². The van der Waals surface area contributed by atoms with E-state index in [1.165, 1.54) is 0 Å².